The first-order chi connectivity index (χ1) is 12.4. The third-order valence-corrected chi connectivity index (χ3v) is 5.10. The molecule has 0 spiro atoms. The van der Waals surface area contributed by atoms with Gasteiger partial charge in [0.1, 0.15) is 0 Å². The van der Waals surface area contributed by atoms with E-state index in [-0.39, 0.29) is 6.04 Å². The number of hydrogen-bond acceptors (Lipinski definition) is 4. The second-order valence-electron chi connectivity index (χ2n) is 7.69. The van der Waals surface area contributed by atoms with E-state index < -0.39 is 0 Å². The number of nitrogens with one attached hydrogen (secondary N) is 2. The van der Waals surface area contributed by atoms with Gasteiger partial charge in [-0.2, -0.15) is 5.10 Å². The molecule has 148 valence electrons. The van der Waals surface area contributed by atoms with Crippen molar-refractivity contribution in [2.75, 3.05) is 40.3 Å². The number of rotatable bonds is 7. The minimum Gasteiger partial charge on any atom is -0.357 e. The van der Waals surface area contributed by atoms with Gasteiger partial charge in [0.2, 0.25) is 0 Å². The number of aryl methyl sites for hydroxylation is 1. The van der Waals surface area contributed by atoms with Gasteiger partial charge in [-0.1, -0.05) is 0 Å². The molecule has 7 heteroatoms. The number of likely N-dealkylation sites (tertiary alicyclic amines) is 1. The average Bonchev–Trinajstić information content (AvgIpc) is 3.01. The van der Waals surface area contributed by atoms with E-state index >= 15 is 0 Å². The third-order valence-electron chi connectivity index (χ3n) is 5.10. The first-order valence-electron chi connectivity index (χ1n) is 9.84. The van der Waals surface area contributed by atoms with Gasteiger partial charge in [-0.3, -0.25) is 9.67 Å². The Labute approximate surface area is 158 Å². The molecule has 0 saturated carbocycles. The minimum atomic E-state index is 0.224. The van der Waals surface area contributed by atoms with E-state index in [0.717, 1.165) is 25.6 Å². The molecule has 7 nitrogen and oxygen atoms in total. The molecule has 1 fully saturated rings. The lowest BCUT2D eigenvalue weighted by Gasteiger charge is -2.35. The van der Waals surface area contributed by atoms with Crippen LogP contribution < -0.4 is 10.6 Å². The summed E-state index contributed by atoms with van der Waals surface area (Å²) < 4.78 is 1.85. The Bertz CT molecular complexity index is 556. The van der Waals surface area contributed by atoms with E-state index in [0.29, 0.717) is 18.6 Å². The molecule has 2 rings (SSSR count). The largest absolute Gasteiger partial charge is 0.357 e. The van der Waals surface area contributed by atoms with Gasteiger partial charge in [-0.25, -0.2) is 0 Å². The van der Waals surface area contributed by atoms with Crippen LogP contribution in [0.3, 0.4) is 0 Å². The van der Waals surface area contributed by atoms with Gasteiger partial charge >= 0.3 is 0 Å². The maximum atomic E-state index is 4.87. The van der Waals surface area contributed by atoms with Crippen molar-refractivity contribution in [2.24, 2.45) is 12.0 Å². The maximum Gasteiger partial charge on any atom is 0.191 e. The third kappa shape index (κ3) is 5.99. The Kier molecular flexibility index (Phi) is 7.90. The zero-order valence-corrected chi connectivity index (χ0v) is 17.4. The second kappa shape index (κ2) is 9.92. The molecule has 0 amide bonds. The van der Waals surface area contributed by atoms with E-state index in [9.17, 15) is 0 Å². The topological polar surface area (TPSA) is 60.7 Å². The highest BCUT2D eigenvalue weighted by atomic mass is 15.3. The summed E-state index contributed by atoms with van der Waals surface area (Å²) >= 11 is 0. The molecule has 0 bridgehead atoms. The molecule has 1 aliphatic heterocycles. The molecule has 1 unspecified atom stereocenters. The first-order valence-corrected chi connectivity index (χ1v) is 9.84. The molecule has 1 aromatic heterocycles. The Hall–Kier alpha value is -1.60. The lowest BCUT2D eigenvalue weighted by molar-refractivity contribution is 0.167. The molecular formula is C19H37N7. The predicted molar refractivity (Wildman–Crippen MR) is 108 cm³/mol. The number of nitrogens with zero attached hydrogens (tertiary/aromatic N) is 5. The van der Waals surface area contributed by atoms with Gasteiger partial charge in [-0.05, 0) is 47.7 Å². The van der Waals surface area contributed by atoms with Crippen molar-refractivity contribution in [2.45, 2.75) is 51.7 Å². The zero-order valence-electron chi connectivity index (χ0n) is 17.4. The average molecular weight is 364 g/mol. The smallest absolute Gasteiger partial charge is 0.191 e. The predicted octanol–water partition coefficient (Wildman–Crippen LogP) is 1.45. The van der Waals surface area contributed by atoms with E-state index in [4.69, 9.17) is 4.99 Å². The van der Waals surface area contributed by atoms with Crippen LogP contribution in [0.1, 0.15) is 45.2 Å². The maximum absolute atomic E-state index is 4.87. The molecule has 2 N–H and O–H groups in total. The quantitative estimate of drug-likeness (QED) is 0.567. The summed E-state index contributed by atoms with van der Waals surface area (Å²) in [6, 6.07) is 1.36. The highest BCUT2D eigenvalue weighted by Gasteiger charge is 2.22. The molecule has 1 aromatic rings. The van der Waals surface area contributed by atoms with E-state index in [1.54, 1.807) is 0 Å². The number of guanidine groups is 1. The summed E-state index contributed by atoms with van der Waals surface area (Å²) in [6.45, 7) is 10.6. The standard InChI is InChI=1S/C19H37N7/c1-7-20-19(23-17-8-10-26(11-9-17)15(2)3)21-13-18(24(4)5)16-12-22-25(6)14-16/h12,14-15,17-18H,7-11,13H2,1-6H3,(H2,20,21,23). The van der Waals surface area contributed by atoms with Crippen molar-refractivity contribution in [3.8, 4) is 0 Å². The van der Waals surface area contributed by atoms with E-state index in [2.05, 4.69) is 66.6 Å². The van der Waals surface area contributed by atoms with Crippen molar-refractivity contribution in [3.63, 3.8) is 0 Å². The molecule has 26 heavy (non-hydrogen) atoms. The fourth-order valence-electron chi connectivity index (χ4n) is 3.43. The molecule has 1 saturated heterocycles. The van der Waals surface area contributed by atoms with Crippen LogP contribution in [0.15, 0.2) is 17.4 Å². The molecule has 0 radical (unpaired) electrons. The summed E-state index contributed by atoms with van der Waals surface area (Å²) in [5, 5.41) is 11.3. The zero-order chi connectivity index (χ0) is 19.1. The summed E-state index contributed by atoms with van der Waals surface area (Å²) in [5.74, 6) is 0.922. The van der Waals surface area contributed by atoms with E-state index in [1.807, 2.05) is 17.9 Å². The van der Waals surface area contributed by atoms with Gasteiger partial charge in [0.15, 0.2) is 5.96 Å². The van der Waals surface area contributed by atoms with Crippen molar-refractivity contribution in [1.82, 2.24) is 30.2 Å². The normalized spacial score (nSPS) is 18.5. The fourth-order valence-corrected chi connectivity index (χ4v) is 3.43. The van der Waals surface area contributed by atoms with Crippen LogP contribution in [0, 0.1) is 0 Å². The highest BCUT2D eigenvalue weighted by molar-refractivity contribution is 5.80. The second-order valence-corrected chi connectivity index (χ2v) is 7.69. The summed E-state index contributed by atoms with van der Waals surface area (Å²) in [6.07, 6.45) is 6.34. The van der Waals surface area contributed by atoms with Crippen molar-refractivity contribution in [3.05, 3.63) is 18.0 Å². The molecule has 0 aliphatic carbocycles. The van der Waals surface area contributed by atoms with Crippen LogP contribution in [-0.4, -0.2) is 77.9 Å². The first kappa shape index (κ1) is 20.7. The number of aromatic nitrogens is 2. The number of hydrogen-bond donors (Lipinski definition) is 2. The Morgan fingerprint density at radius 2 is 2.04 bits per heavy atom. The highest BCUT2D eigenvalue weighted by Crippen LogP contribution is 2.18. The van der Waals surface area contributed by atoms with Crippen LogP contribution in [0.25, 0.3) is 0 Å². The van der Waals surface area contributed by atoms with Crippen molar-refractivity contribution >= 4 is 5.96 Å². The molecular weight excluding hydrogens is 326 g/mol. The number of aliphatic imine (C=N–C) groups is 1. The van der Waals surface area contributed by atoms with Crippen molar-refractivity contribution < 1.29 is 0 Å². The monoisotopic (exact) mass is 363 g/mol. The molecule has 0 aromatic carbocycles. The fraction of sp³-hybridized carbons (Fsp3) is 0.789. The van der Waals surface area contributed by atoms with Gasteiger partial charge in [0.25, 0.3) is 0 Å². The van der Waals surface area contributed by atoms with Crippen LogP contribution in [-0.2, 0) is 7.05 Å². The lowest BCUT2D eigenvalue weighted by Crippen LogP contribution is -2.50. The van der Waals surface area contributed by atoms with Crippen LogP contribution in [0.4, 0.5) is 0 Å². The number of likely N-dealkylation sites (N-methyl/N-ethyl adjacent to an activating group) is 1. The SMILES string of the molecule is CCNC(=NCC(c1cnn(C)c1)N(C)C)NC1CCN(C(C)C)CC1. The van der Waals surface area contributed by atoms with Gasteiger partial charge in [-0.15, -0.1) is 0 Å². The summed E-state index contributed by atoms with van der Waals surface area (Å²) in [5.41, 5.74) is 1.20. The minimum absolute atomic E-state index is 0.224. The molecule has 1 atom stereocenters. The van der Waals surface area contributed by atoms with Gasteiger partial charge in [0, 0.05) is 50.5 Å². The van der Waals surface area contributed by atoms with Gasteiger partial charge < -0.3 is 20.4 Å². The molecule has 2 heterocycles. The Balaban J connectivity index is 1.97. The van der Waals surface area contributed by atoms with Crippen molar-refractivity contribution in [1.29, 1.82) is 0 Å². The van der Waals surface area contributed by atoms with Crippen LogP contribution >= 0.6 is 0 Å². The Morgan fingerprint density at radius 3 is 2.54 bits per heavy atom. The summed E-state index contributed by atoms with van der Waals surface area (Å²) in [7, 11) is 6.14. The molecule has 1 aliphatic rings. The lowest BCUT2D eigenvalue weighted by atomic mass is 10.0. The number of piperidine rings is 1. The Morgan fingerprint density at radius 1 is 1.35 bits per heavy atom. The van der Waals surface area contributed by atoms with Crippen LogP contribution in [0.2, 0.25) is 0 Å². The van der Waals surface area contributed by atoms with Gasteiger partial charge in [0.05, 0.1) is 18.8 Å². The summed E-state index contributed by atoms with van der Waals surface area (Å²) in [4.78, 5) is 9.62. The van der Waals surface area contributed by atoms with E-state index in [1.165, 1.54) is 18.4 Å². The van der Waals surface area contributed by atoms with Crippen LogP contribution in [0.5, 0.6) is 0 Å².